The summed E-state index contributed by atoms with van der Waals surface area (Å²) >= 11 is 0.698. The second-order valence-corrected chi connectivity index (χ2v) is 3.40. The summed E-state index contributed by atoms with van der Waals surface area (Å²) in [6.07, 6.45) is -3.04. The quantitative estimate of drug-likeness (QED) is 0.577. The van der Waals surface area contributed by atoms with Crippen molar-refractivity contribution in [3.05, 3.63) is 21.9 Å². The Morgan fingerprint density at radius 3 is 2.43 bits per heavy atom. The van der Waals surface area contributed by atoms with Gasteiger partial charge in [0.1, 0.15) is 4.88 Å². The first-order chi connectivity index (χ1) is 6.56. The third-order valence-electron chi connectivity index (χ3n) is 1.43. The van der Waals surface area contributed by atoms with Gasteiger partial charge in [-0.2, -0.15) is 0 Å². The van der Waals surface area contributed by atoms with Crippen molar-refractivity contribution in [2.45, 2.75) is 6.43 Å². The second kappa shape index (κ2) is 4.28. The van der Waals surface area contributed by atoms with Gasteiger partial charge in [-0.05, 0) is 12.1 Å². The lowest BCUT2D eigenvalue weighted by molar-refractivity contribution is 0.0606. The van der Waals surface area contributed by atoms with Crippen LogP contribution in [0.1, 0.15) is 19.3 Å². The molecule has 1 heterocycles. The number of thiophene rings is 1. The molecule has 0 aromatic carbocycles. The van der Waals surface area contributed by atoms with Crippen LogP contribution in [0.3, 0.4) is 0 Å². The Kier molecular flexibility index (Phi) is 3.29. The molecule has 0 unspecified atom stereocenters. The molecule has 0 fully saturated rings. The van der Waals surface area contributed by atoms with Crippen LogP contribution in [0, 0.1) is 0 Å². The molecule has 1 rings (SSSR count). The normalized spacial score (nSPS) is 10.3. The number of carbonyl (C=O) groups excluding carboxylic acids is 2. The predicted molar refractivity (Wildman–Crippen MR) is 46.0 cm³/mol. The average Bonchev–Trinajstić information content (AvgIpc) is 2.64. The zero-order valence-corrected chi connectivity index (χ0v) is 7.94. The van der Waals surface area contributed by atoms with Gasteiger partial charge >= 0.3 is 12.4 Å². The van der Waals surface area contributed by atoms with Crippen LogP contribution in [0.15, 0.2) is 12.1 Å². The molecule has 1 aromatic heterocycles. The summed E-state index contributed by atoms with van der Waals surface area (Å²) in [7, 11) is 1.18. The van der Waals surface area contributed by atoms with Crippen molar-refractivity contribution in [3.63, 3.8) is 0 Å². The summed E-state index contributed by atoms with van der Waals surface area (Å²) < 4.78 is 28.3. The molecule has 0 saturated carbocycles. The van der Waals surface area contributed by atoms with E-state index in [2.05, 4.69) is 4.74 Å². The zero-order valence-electron chi connectivity index (χ0n) is 7.12. The summed E-state index contributed by atoms with van der Waals surface area (Å²) in [6, 6.07) is 2.47. The molecule has 0 atom stereocenters. The van der Waals surface area contributed by atoms with Gasteiger partial charge in [-0.1, -0.05) is 0 Å². The minimum Gasteiger partial charge on any atom is -0.465 e. The molecule has 0 amide bonds. The van der Waals surface area contributed by atoms with Gasteiger partial charge in [0.2, 0.25) is 5.78 Å². The summed E-state index contributed by atoms with van der Waals surface area (Å²) in [6.45, 7) is 0. The Bertz CT molecular complexity index is 359. The second-order valence-electron chi connectivity index (χ2n) is 2.32. The lowest BCUT2D eigenvalue weighted by Crippen LogP contribution is -2.07. The first kappa shape index (κ1) is 10.8. The van der Waals surface area contributed by atoms with Crippen molar-refractivity contribution in [1.82, 2.24) is 0 Å². The molecule has 0 saturated heterocycles. The number of ketones is 1. The molecule has 1 aromatic rings. The van der Waals surface area contributed by atoms with Crippen molar-refractivity contribution >= 4 is 23.1 Å². The van der Waals surface area contributed by atoms with Crippen LogP contribution < -0.4 is 0 Å². The van der Waals surface area contributed by atoms with Crippen LogP contribution in [-0.2, 0) is 4.74 Å². The van der Waals surface area contributed by atoms with E-state index < -0.39 is 18.2 Å². The summed E-state index contributed by atoms with van der Waals surface area (Å²) in [5.74, 6) is -1.91. The lowest BCUT2D eigenvalue weighted by atomic mass is 10.3. The fourth-order valence-electron chi connectivity index (χ4n) is 0.788. The number of hydrogen-bond acceptors (Lipinski definition) is 4. The highest BCUT2D eigenvalue weighted by Crippen LogP contribution is 2.19. The van der Waals surface area contributed by atoms with Gasteiger partial charge < -0.3 is 4.74 Å². The monoisotopic (exact) mass is 220 g/mol. The molecule has 0 N–H and O–H groups in total. The predicted octanol–water partition coefficient (Wildman–Crippen LogP) is 1.98. The highest BCUT2D eigenvalue weighted by molar-refractivity contribution is 7.15. The Labute approximate surface area is 82.3 Å². The van der Waals surface area contributed by atoms with E-state index in [0.717, 1.165) is 0 Å². The van der Waals surface area contributed by atoms with Gasteiger partial charge in [0, 0.05) is 0 Å². The minimum atomic E-state index is -3.04. The molecule has 0 aliphatic rings. The number of hydrogen-bond donors (Lipinski definition) is 0. The Morgan fingerprint density at radius 1 is 1.36 bits per heavy atom. The number of rotatable bonds is 3. The highest BCUT2D eigenvalue weighted by Gasteiger charge is 2.21. The molecular weight excluding hydrogens is 214 g/mol. The van der Waals surface area contributed by atoms with Crippen molar-refractivity contribution in [1.29, 1.82) is 0 Å². The average molecular weight is 220 g/mol. The lowest BCUT2D eigenvalue weighted by Gasteiger charge is -1.93. The largest absolute Gasteiger partial charge is 0.465 e. The van der Waals surface area contributed by atoms with E-state index in [9.17, 15) is 18.4 Å². The topological polar surface area (TPSA) is 43.4 Å². The van der Waals surface area contributed by atoms with Gasteiger partial charge in [0.25, 0.3) is 0 Å². The van der Waals surface area contributed by atoms with Crippen LogP contribution >= 0.6 is 11.3 Å². The van der Waals surface area contributed by atoms with E-state index in [1.807, 2.05) is 0 Å². The summed E-state index contributed by atoms with van der Waals surface area (Å²) in [5.41, 5.74) is 0. The van der Waals surface area contributed by atoms with E-state index in [1.54, 1.807) is 0 Å². The minimum absolute atomic E-state index is 0.136. The van der Waals surface area contributed by atoms with Crippen molar-refractivity contribution in [2.75, 3.05) is 7.11 Å². The maximum atomic E-state index is 11.9. The highest BCUT2D eigenvalue weighted by atomic mass is 32.1. The fourth-order valence-corrected chi connectivity index (χ4v) is 1.65. The van der Waals surface area contributed by atoms with Gasteiger partial charge in [-0.15, -0.1) is 11.3 Å². The van der Waals surface area contributed by atoms with Gasteiger partial charge in [0.05, 0.1) is 12.0 Å². The van der Waals surface area contributed by atoms with Gasteiger partial charge in [0.15, 0.2) is 0 Å². The molecule has 14 heavy (non-hydrogen) atoms. The first-order valence-corrected chi connectivity index (χ1v) is 4.38. The SMILES string of the molecule is COC(=O)c1ccc(C(=O)C(F)F)s1. The van der Waals surface area contributed by atoms with Crippen LogP contribution in [0.25, 0.3) is 0 Å². The molecular formula is C8H6F2O3S. The molecule has 3 nitrogen and oxygen atoms in total. The number of alkyl halides is 2. The maximum Gasteiger partial charge on any atom is 0.348 e. The van der Waals surface area contributed by atoms with Crippen molar-refractivity contribution in [2.24, 2.45) is 0 Å². The number of carbonyl (C=O) groups is 2. The smallest absolute Gasteiger partial charge is 0.348 e. The zero-order chi connectivity index (χ0) is 10.7. The number of ether oxygens (including phenoxy) is 1. The van der Waals surface area contributed by atoms with Gasteiger partial charge in [-0.25, -0.2) is 13.6 Å². The molecule has 6 heteroatoms. The van der Waals surface area contributed by atoms with Crippen LogP contribution in [0.5, 0.6) is 0 Å². The molecule has 0 aliphatic carbocycles. The van der Waals surface area contributed by atoms with Crippen LogP contribution in [0.2, 0.25) is 0 Å². The number of methoxy groups -OCH3 is 1. The molecule has 0 radical (unpaired) electrons. The molecule has 0 bridgehead atoms. The third kappa shape index (κ3) is 2.14. The Hall–Kier alpha value is -1.30. The number of Topliss-reactive ketones (excluding diaryl/α,β-unsaturated/α-hetero) is 1. The maximum absolute atomic E-state index is 11.9. The fraction of sp³-hybridized carbons (Fsp3) is 0.250. The van der Waals surface area contributed by atoms with Crippen molar-refractivity contribution < 1.29 is 23.1 Å². The molecule has 0 spiro atoms. The van der Waals surface area contributed by atoms with Crippen LogP contribution in [-0.4, -0.2) is 25.3 Å². The van der Waals surface area contributed by atoms with E-state index >= 15 is 0 Å². The van der Waals surface area contributed by atoms with Crippen LogP contribution in [0.4, 0.5) is 8.78 Å². The summed E-state index contributed by atoms with van der Waals surface area (Å²) in [5, 5.41) is 0. The van der Waals surface area contributed by atoms with Crippen molar-refractivity contribution in [3.8, 4) is 0 Å². The van der Waals surface area contributed by atoms with E-state index in [4.69, 9.17) is 0 Å². The molecule has 0 aliphatic heterocycles. The number of halogens is 2. The number of esters is 1. The Morgan fingerprint density at radius 2 is 1.93 bits per heavy atom. The first-order valence-electron chi connectivity index (χ1n) is 3.56. The van der Waals surface area contributed by atoms with Gasteiger partial charge in [-0.3, -0.25) is 4.79 Å². The third-order valence-corrected chi connectivity index (χ3v) is 2.51. The molecule has 76 valence electrons. The standard InChI is InChI=1S/C8H6F2O3S/c1-13-8(12)5-3-2-4(14-5)6(11)7(9)10/h2-3,7H,1H3. The van der Waals surface area contributed by atoms with E-state index in [0.29, 0.717) is 11.3 Å². The Balaban J connectivity index is 2.88. The van der Waals surface area contributed by atoms with E-state index in [-0.39, 0.29) is 9.75 Å². The van der Waals surface area contributed by atoms with E-state index in [1.165, 1.54) is 19.2 Å². The summed E-state index contributed by atoms with van der Waals surface area (Å²) in [4.78, 5) is 21.7.